The molecule has 2 aromatic rings. The van der Waals surface area contributed by atoms with Crippen LogP contribution in [0.5, 0.6) is 5.75 Å². The van der Waals surface area contributed by atoms with Gasteiger partial charge in [-0.05, 0) is 56.2 Å². The van der Waals surface area contributed by atoms with Gasteiger partial charge >= 0.3 is 0 Å². The number of methoxy groups -OCH3 is 1. The number of sulfonamides is 1. The quantitative estimate of drug-likeness (QED) is 0.748. The van der Waals surface area contributed by atoms with Crippen molar-refractivity contribution in [3.63, 3.8) is 0 Å². The van der Waals surface area contributed by atoms with Crippen molar-refractivity contribution < 1.29 is 17.9 Å². The molecule has 0 unspecified atom stereocenters. The third-order valence-corrected chi connectivity index (χ3v) is 7.01. The predicted molar refractivity (Wildman–Crippen MR) is 114 cm³/mol. The molecule has 1 saturated carbocycles. The summed E-state index contributed by atoms with van der Waals surface area (Å²) in [6, 6.07) is 13.4. The molecule has 156 valence electrons. The third kappa shape index (κ3) is 5.29. The second-order valence-electron chi connectivity index (χ2n) is 7.43. The van der Waals surface area contributed by atoms with Gasteiger partial charge in [-0.15, -0.1) is 0 Å². The van der Waals surface area contributed by atoms with Crippen molar-refractivity contribution >= 4 is 21.6 Å². The van der Waals surface area contributed by atoms with E-state index >= 15 is 0 Å². The van der Waals surface area contributed by atoms with E-state index < -0.39 is 10.0 Å². The van der Waals surface area contributed by atoms with Gasteiger partial charge in [-0.25, -0.2) is 8.42 Å². The summed E-state index contributed by atoms with van der Waals surface area (Å²) in [5, 5.41) is 3.01. The molecule has 0 saturated heterocycles. The number of nitrogens with zero attached hydrogens (tertiary/aromatic N) is 1. The lowest BCUT2D eigenvalue weighted by molar-refractivity contribution is -0.120. The SMILES string of the molecule is COc1ccc(S(=O)(=O)N(CC(=O)NC2CCCCC2)c2ccc(C)cc2)cc1. The number of anilines is 1. The Labute approximate surface area is 172 Å². The van der Waals surface area contributed by atoms with Gasteiger partial charge in [0.15, 0.2) is 0 Å². The summed E-state index contributed by atoms with van der Waals surface area (Å²) in [6.07, 6.45) is 5.27. The topological polar surface area (TPSA) is 75.7 Å². The molecule has 1 fully saturated rings. The Hall–Kier alpha value is -2.54. The lowest BCUT2D eigenvalue weighted by Crippen LogP contribution is -2.44. The van der Waals surface area contributed by atoms with E-state index in [4.69, 9.17) is 4.74 Å². The van der Waals surface area contributed by atoms with Crippen molar-refractivity contribution in [2.24, 2.45) is 0 Å². The maximum absolute atomic E-state index is 13.4. The minimum absolute atomic E-state index is 0.115. The van der Waals surface area contributed by atoms with Crippen molar-refractivity contribution in [2.45, 2.75) is 50.0 Å². The van der Waals surface area contributed by atoms with E-state index in [1.165, 1.54) is 30.0 Å². The molecule has 1 aliphatic carbocycles. The zero-order valence-corrected chi connectivity index (χ0v) is 17.7. The van der Waals surface area contributed by atoms with Gasteiger partial charge in [0.25, 0.3) is 10.0 Å². The van der Waals surface area contributed by atoms with Crippen molar-refractivity contribution in [3.8, 4) is 5.75 Å². The highest BCUT2D eigenvalue weighted by atomic mass is 32.2. The molecule has 3 rings (SSSR count). The number of carbonyl (C=O) groups is 1. The Morgan fingerprint density at radius 2 is 1.66 bits per heavy atom. The summed E-state index contributed by atoms with van der Waals surface area (Å²) in [6.45, 7) is 1.68. The van der Waals surface area contributed by atoms with Crippen LogP contribution in [-0.4, -0.2) is 34.0 Å². The van der Waals surface area contributed by atoms with Crippen LogP contribution in [0.15, 0.2) is 53.4 Å². The molecule has 0 spiro atoms. The number of hydrogen-bond acceptors (Lipinski definition) is 4. The van der Waals surface area contributed by atoms with Crippen molar-refractivity contribution in [3.05, 3.63) is 54.1 Å². The van der Waals surface area contributed by atoms with Crippen LogP contribution in [-0.2, 0) is 14.8 Å². The van der Waals surface area contributed by atoms with Gasteiger partial charge in [0.2, 0.25) is 5.91 Å². The largest absolute Gasteiger partial charge is 0.497 e. The maximum atomic E-state index is 13.4. The third-order valence-electron chi connectivity index (χ3n) is 5.23. The van der Waals surface area contributed by atoms with E-state index in [0.717, 1.165) is 31.2 Å². The molecule has 0 heterocycles. The second kappa shape index (κ2) is 9.31. The molecule has 2 aromatic carbocycles. The van der Waals surface area contributed by atoms with E-state index in [0.29, 0.717) is 11.4 Å². The standard InChI is InChI=1S/C22H28N2O4S/c1-17-8-10-19(11-9-17)24(16-22(25)23-18-6-4-3-5-7-18)29(26,27)21-14-12-20(28-2)13-15-21/h8-15,18H,3-7,16H2,1-2H3,(H,23,25). The molecule has 0 bridgehead atoms. The fourth-order valence-electron chi connectivity index (χ4n) is 3.55. The summed E-state index contributed by atoms with van der Waals surface area (Å²) in [5.41, 5.74) is 1.48. The van der Waals surface area contributed by atoms with Crippen molar-refractivity contribution in [1.82, 2.24) is 5.32 Å². The molecule has 6 nitrogen and oxygen atoms in total. The molecule has 0 radical (unpaired) electrons. The highest BCUT2D eigenvalue weighted by Gasteiger charge is 2.28. The molecule has 7 heteroatoms. The summed E-state index contributed by atoms with van der Waals surface area (Å²) in [7, 11) is -2.39. The van der Waals surface area contributed by atoms with E-state index in [1.54, 1.807) is 24.3 Å². The molecule has 1 amide bonds. The van der Waals surface area contributed by atoms with E-state index in [-0.39, 0.29) is 23.4 Å². The van der Waals surface area contributed by atoms with Crippen LogP contribution in [0.2, 0.25) is 0 Å². The van der Waals surface area contributed by atoms with Crippen LogP contribution in [0.25, 0.3) is 0 Å². The Balaban J connectivity index is 1.87. The first kappa shape index (κ1) is 21.2. The lowest BCUT2D eigenvalue weighted by Gasteiger charge is -2.27. The fraction of sp³-hybridized carbons (Fsp3) is 0.409. The van der Waals surface area contributed by atoms with Crippen LogP contribution in [0, 0.1) is 6.92 Å². The molecule has 0 atom stereocenters. The molecular formula is C22H28N2O4S. The number of aryl methyl sites for hydroxylation is 1. The number of ether oxygens (including phenoxy) is 1. The Kier molecular flexibility index (Phi) is 6.79. The Bertz CT molecular complexity index is 918. The summed E-state index contributed by atoms with van der Waals surface area (Å²) in [5.74, 6) is 0.287. The Morgan fingerprint density at radius 1 is 1.03 bits per heavy atom. The van der Waals surface area contributed by atoms with E-state index in [2.05, 4.69) is 5.32 Å². The average Bonchev–Trinajstić information content (AvgIpc) is 2.73. The number of amides is 1. The van der Waals surface area contributed by atoms with E-state index in [1.807, 2.05) is 19.1 Å². The molecule has 0 aromatic heterocycles. The smallest absolute Gasteiger partial charge is 0.264 e. The van der Waals surface area contributed by atoms with Crippen LogP contribution >= 0.6 is 0 Å². The van der Waals surface area contributed by atoms with Gasteiger partial charge in [0.05, 0.1) is 17.7 Å². The molecule has 1 N–H and O–H groups in total. The van der Waals surface area contributed by atoms with Crippen molar-refractivity contribution in [2.75, 3.05) is 18.0 Å². The monoisotopic (exact) mass is 416 g/mol. The van der Waals surface area contributed by atoms with Gasteiger partial charge in [0, 0.05) is 6.04 Å². The van der Waals surface area contributed by atoms with Crippen LogP contribution < -0.4 is 14.4 Å². The second-order valence-corrected chi connectivity index (χ2v) is 9.29. The fourth-order valence-corrected chi connectivity index (χ4v) is 4.97. The zero-order chi connectivity index (χ0) is 20.9. The summed E-state index contributed by atoms with van der Waals surface area (Å²) in [4.78, 5) is 12.8. The normalized spacial score (nSPS) is 15.0. The number of benzene rings is 2. The van der Waals surface area contributed by atoms with E-state index in [9.17, 15) is 13.2 Å². The molecule has 29 heavy (non-hydrogen) atoms. The first-order valence-electron chi connectivity index (χ1n) is 9.93. The van der Waals surface area contributed by atoms with Gasteiger partial charge in [-0.2, -0.15) is 0 Å². The molecule has 1 aliphatic rings. The van der Waals surface area contributed by atoms with Crippen LogP contribution in [0.4, 0.5) is 5.69 Å². The molecule has 0 aliphatic heterocycles. The van der Waals surface area contributed by atoms with Gasteiger partial charge in [0.1, 0.15) is 12.3 Å². The highest BCUT2D eigenvalue weighted by molar-refractivity contribution is 7.92. The number of nitrogens with one attached hydrogen (secondary N) is 1. The Morgan fingerprint density at radius 3 is 2.24 bits per heavy atom. The predicted octanol–water partition coefficient (Wildman–Crippen LogP) is 3.65. The summed E-state index contributed by atoms with van der Waals surface area (Å²) >= 11 is 0. The minimum atomic E-state index is -3.91. The average molecular weight is 417 g/mol. The minimum Gasteiger partial charge on any atom is -0.497 e. The first-order valence-corrected chi connectivity index (χ1v) is 11.4. The van der Waals surface area contributed by atoms with Gasteiger partial charge in [-0.3, -0.25) is 9.10 Å². The summed E-state index contributed by atoms with van der Waals surface area (Å²) < 4.78 is 33.0. The van der Waals surface area contributed by atoms with Crippen molar-refractivity contribution in [1.29, 1.82) is 0 Å². The molecular weight excluding hydrogens is 388 g/mol. The van der Waals surface area contributed by atoms with Crippen LogP contribution in [0.1, 0.15) is 37.7 Å². The van der Waals surface area contributed by atoms with Gasteiger partial charge < -0.3 is 10.1 Å². The zero-order valence-electron chi connectivity index (χ0n) is 16.9. The highest BCUT2D eigenvalue weighted by Crippen LogP contribution is 2.25. The maximum Gasteiger partial charge on any atom is 0.264 e. The number of carbonyl (C=O) groups excluding carboxylic acids is 1. The number of rotatable bonds is 7. The van der Waals surface area contributed by atoms with Gasteiger partial charge in [-0.1, -0.05) is 37.0 Å². The first-order chi connectivity index (χ1) is 13.9. The lowest BCUT2D eigenvalue weighted by atomic mass is 9.95. The van der Waals surface area contributed by atoms with Crippen LogP contribution in [0.3, 0.4) is 0 Å². The number of hydrogen-bond donors (Lipinski definition) is 1.